The Morgan fingerprint density at radius 1 is 0.857 bits per heavy atom. The van der Waals surface area contributed by atoms with Gasteiger partial charge in [-0.1, -0.05) is 33.6 Å². The van der Waals surface area contributed by atoms with Crippen LogP contribution >= 0.6 is 0 Å². The summed E-state index contributed by atoms with van der Waals surface area (Å²) >= 11 is 0. The summed E-state index contributed by atoms with van der Waals surface area (Å²) in [6, 6.07) is 0. The third-order valence-electron chi connectivity index (χ3n) is 2.09. The third kappa shape index (κ3) is 10.0. The molecular formula is C12H26O2. The zero-order valence-electron chi connectivity index (χ0n) is 10.1. The van der Waals surface area contributed by atoms with E-state index < -0.39 is 0 Å². The van der Waals surface area contributed by atoms with Gasteiger partial charge in [0, 0.05) is 19.1 Å². The van der Waals surface area contributed by atoms with E-state index >= 15 is 0 Å². The van der Waals surface area contributed by atoms with Crippen molar-refractivity contribution in [3.63, 3.8) is 0 Å². The molecule has 0 aromatic heterocycles. The van der Waals surface area contributed by atoms with Crippen LogP contribution in [0.3, 0.4) is 0 Å². The van der Waals surface area contributed by atoms with Gasteiger partial charge in [-0.15, -0.1) is 0 Å². The third-order valence-corrected chi connectivity index (χ3v) is 2.09. The lowest BCUT2D eigenvalue weighted by Crippen LogP contribution is -2.13. The van der Waals surface area contributed by atoms with Gasteiger partial charge in [-0.05, 0) is 12.8 Å². The first-order chi connectivity index (χ1) is 6.81. The molecule has 0 N–H and O–H groups in total. The predicted octanol–water partition coefficient (Wildman–Crippen LogP) is 3.26. The second kappa shape index (κ2) is 11.0. The Labute approximate surface area is 89.0 Å². The monoisotopic (exact) mass is 202 g/mol. The molecular weight excluding hydrogens is 176 g/mol. The van der Waals surface area contributed by atoms with Crippen LogP contribution in [0.4, 0.5) is 0 Å². The number of rotatable bonds is 10. The molecule has 0 saturated carbocycles. The van der Waals surface area contributed by atoms with Crippen molar-refractivity contribution < 1.29 is 9.47 Å². The Balaban J connectivity index is 3.07. The van der Waals surface area contributed by atoms with Crippen LogP contribution in [0.5, 0.6) is 0 Å². The fourth-order valence-corrected chi connectivity index (χ4v) is 1.11. The average molecular weight is 202 g/mol. The standard InChI is InChI=1S/C12H26O2/c1-4-6-8-13-10-12(3)11-14-9-7-5-2/h12H,4-11H2,1-3H3. The Bertz CT molecular complexity index is 92.5. The van der Waals surface area contributed by atoms with Crippen molar-refractivity contribution in [2.45, 2.75) is 46.5 Å². The van der Waals surface area contributed by atoms with Crippen molar-refractivity contribution >= 4 is 0 Å². The minimum Gasteiger partial charge on any atom is -0.381 e. The molecule has 0 rings (SSSR count). The fourth-order valence-electron chi connectivity index (χ4n) is 1.11. The van der Waals surface area contributed by atoms with E-state index in [0.717, 1.165) is 26.4 Å². The molecule has 0 fully saturated rings. The Kier molecular flexibility index (Phi) is 10.9. The van der Waals surface area contributed by atoms with Crippen LogP contribution in [0, 0.1) is 5.92 Å². The van der Waals surface area contributed by atoms with E-state index in [1.54, 1.807) is 0 Å². The molecule has 0 saturated heterocycles. The molecule has 14 heavy (non-hydrogen) atoms. The van der Waals surface area contributed by atoms with E-state index in [-0.39, 0.29) is 0 Å². The summed E-state index contributed by atoms with van der Waals surface area (Å²) in [6.07, 6.45) is 4.76. The molecule has 0 amide bonds. The van der Waals surface area contributed by atoms with Crippen molar-refractivity contribution in [2.24, 2.45) is 5.92 Å². The van der Waals surface area contributed by atoms with Crippen molar-refractivity contribution in [3.8, 4) is 0 Å². The number of unbranched alkanes of at least 4 members (excludes halogenated alkanes) is 2. The molecule has 86 valence electrons. The highest BCUT2D eigenvalue weighted by Gasteiger charge is 2.01. The van der Waals surface area contributed by atoms with Crippen LogP contribution in [0.2, 0.25) is 0 Å². The molecule has 0 spiro atoms. The van der Waals surface area contributed by atoms with Gasteiger partial charge in [0.1, 0.15) is 0 Å². The smallest absolute Gasteiger partial charge is 0.0513 e. The SMILES string of the molecule is CCCCOCC(C)COCCCC. The summed E-state index contributed by atoms with van der Waals surface area (Å²) < 4.78 is 11.0. The lowest BCUT2D eigenvalue weighted by molar-refractivity contribution is 0.0441. The van der Waals surface area contributed by atoms with Crippen molar-refractivity contribution in [2.75, 3.05) is 26.4 Å². The molecule has 0 heterocycles. The topological polar surface area (TPSA) is 18.5 Å². The molecule has 0 aromatic carbocycles. The molecule has 0 aliphatic heterocycles. The Morgan fingerprint density at radius 3 is 1.64 bits per heavy atom. The van der Waals surface area contributed by atoms with Gasteiger partial charge >= 0.3 is 0 Å². The van der Waals surface area contributed by atoms with Crippen LogP contribution in [0.1, 0.15) is 46.5 Å². The number of ether oxygens (including phenoxy) is 2. The molecule has 0 bridgehead atoms. The van der Waals surface area contributed by atoms with Gasteiger partial charge in [-0.3, -0.25) is 0 Å². The summed E-state index contributed by atoms with van der Waals surface area (Å²) in [7, 11) is 0. The van der Waals surface area contributed by atoms with Gasteiger partial charge < -0.3 is 9.47 Å². The van der Waals surface area contributed by atoms with Gasteiger partial charge in [-0.25, -0.2) is 0 Å². The number of hydrogen-bond acceptors (Lipinski definition) is 2. The molecule has 0 aliphatic rings. The minimum atomic E-state index is 0.531. The van der Waals surface area contributed by atoms with E-state index in [4.69, 9.17) is 9.47 Å². The summed E-state index contributed by atoms with van der Waals surface area (Å²) in [4.78, 5) is 0. The average Bonchev–Trinajstić information content (AvgIpc) is 2.19. The first-order valence-corrected chi connectivity index (χ1v) is 5.96. The van der Waals surface area contributed by atoms with Crippen LogP contribution in [-0.4, -0.2) is 26.4 Å². The zero-order chi connectivity index (χ0) is 10.6. The van der Waals surface area contributed by atoms with Gasteiger partial charge in [0.15, 0.2) is 0 Å². The summed E-state index contributed by atoms with van der Waals surface area (Å²) in [5.74, 6) is 0.531. The summed E-state index contributed by atoms with van der Waals surface area (Å²) in [5, 5.41) is 0. The van der Waals surface area contributed by atoms with E-state index in [1.807, 2.05) is 0 Å². The lowest BCUT2D eigenvalue weighted by atomic mass is 10.2. The second-order valence-corrected chi connectivity index (χ2v) is 3.96. The van der Waals surface area contributed by atoms with Crippen LogP contribution < -0.4 is 0 Å². The Hall–Kier alpha value is -0.0800. The predicted molar refractivity (Wildman–Crippen MR) is 60.6 cm³/mol. The second-order valence-electron chi connectivity index (χ2n) is 3.96. The van der Waals surface area contributed by atoms with Crippen molar-refractivity contribution in [1.29, 1.82) is 0 Å². The highest BCUT2D eigenvalue weighted by Crippen LogP contribution is 1.99. The maximum absolute atomic E-state index is 5.51. The molecule has 0 aromatic rings. The molecule has 0 unspecified atom stereocenters. The van der Waals surface area contributed by atoms with Gasteiger partial charge in [0.05, 0.1) is 13.2 Å². The maximum Gasteiger partial charge on any atom is 0.0513 e. The van der Waals surface area contributed by atoms with Gasteiger partial charge in [-0.2, -0.15) is 0 Å². The van der Waals surface area contributed by atoms with Crippen LogP contribution in [0.15, 0.2) is 0 Å². The minimum absolute atomic E-state index is 0.531. The molecule has 0 atom stereocenters. The Morgan fingerprint density at radius 2 is 1.29 bits per heavy atom. The normalized spacial score (nSPS) is 11.1. The van der Waals surface area contributed by atoms with E-state index in [9.17, 15) is 0 Å². The zero-order valence-corrected chi connectivity index (χ0v) is 10.1. The van der Waals surface area contributed by atoms with Crippen LogP contribution in [0.25, 0.3) is 0 Å². The highest BCUT2D eigenvalue weighted by molar-refractivity contribution is 4.49. The first kappa shape index (κ1) is 13.9. The summed E-state index contributed by atoms with van der Waals surface area (Å²) in [5.41, 5.74) is 0. The lowest BCUT2D eigenvalue weighted by Gasteiger charge is -2.12. The number of hydrogen-bond donors (Lipinski definition) is 0. The van der Waals surface area contributed by atoms with Gasteiger partial charge in [0.25, 0.3) is 0 Å². The van der Waals surface area contributed by atoms with E-state index in [0.29, 0.717) is 5.92 Å². The molecule has 0 radical (unpaired) electrons. The van der Waals surface area contributed by atoms with E-state index in [2.05, 4.69) is 20.8 Å². The molecule has 2 nitrogen and oxygen atoms in total. The van der Waals surface area contributed by atoms with Crippen molar-refractivity contribution in [1.82, 2.24) is 0 Å². The largest absolute Gasteiger partial charge is 0.381 e. The van der Waals surface area contributed by atoms with Gasteiger partial charge in [0.2, 0.25) is 0 Å². The molecule has 0 aliphatic carbocycles. The van der Waals surface area contributed by atoms with Crippen molar-refractivity contribution in [3.05, 3.63) is 0 Å². The van der Waals surface area contributed by atoms with Crippen LogP contribution in [-0.2, 0) is 9.47 Å². The maximum atomic E-state index is 5.51. The van der Waals surface area contributed by atoms with E-state index in [1.165, 1.54) is 25.7 Å². The molecule has 2 heteroatoms. The fraction of sp³-hybridized carbons (Fsp3) is 1.00. The summed E-state index contributed by atoms with van der Waals surface area (Å²) in [6.45, 7) is 10.0. The highest BCUT2D eigenvalue weighted by atomic mass is 16.5. The quantitative estimate of drug-likeness (QED) is 0.506. The first-order valence-electron chi connectivity index (χ1n) is 5.96.